The molecule has 0 amide bonds. The molecule has 0 aliphatic rings. The quantitative estimate of drug-likeness (QED) is 0.300. The van der Waals surface area contributed by atoms with E-state index in [1.165, 1.54) is 36.6 Å². The fraction of sp³-hybridized carbons (Fsp3) is 0.261. The van der Waals surface area contributed by atoms with Crippen LogP contribution in [0.25, 0.3) is 22.0 Å². The number of H-pyrrole nitrogens is 1. The van der Waals surface area contributed by atoms with Crippen LogP contribution in [-0.2, 0) is 6.18 Å². The Morgan fingerprint density at radius 3 is 2.46 bits per heavy atom. The molecular weight excluding hydrogens is 490 g/mol. The molecule has 1 atom stereocenters. The van der Waals surface area contributed by atoms with E-state index in [1.54, 1.807) is 6.92 Å². The molecule has 4 rings (SSSR count). The number of rotatable bonds is 7. The lowest BCUT2D eigenvalue weighted by Gasteiger charge is -2.18. The first-order chi connectivity index (χ1) is 16.6. The number of thiazole rings is 1. The lowest BCUT2D eigenvalue weighted by atomic mass is 10.1. The number of benzene rings is 2. The van der Waals surface area contributed by atoms with Crippen LogP contribution < -0.4 is 15.2 Å². The molecule has 0 spiro atoms. The zero-order valence-electron chi connectivity index (χ0n) is 18.7. The number of aromatic nitrogens is 3. The molecule has 1 unspecified atom stereocenters. The van der Waals surface area contributed by atoms with Gasteiger partial charge in [-0.15, -0.1) is 11.3 Å². The zero-order chi connectivity index (χ0) is 25.3. The van der Waals surface area contributed by atoms with Crippen LogP contribution in [0, 0.1) is 12.7 Å². The highest BCUT2D eigenvalue weighted by molar-refractivity contribution is 7.15. The summed E-state index contributed by atoms with van der Waals surface area (Å²) in [6.07, 6.45) is -4.53. The molecule has 12 heteroatoms. The van der Waals surface area contributed by atoms with Gasteiger partial charge in [-0.25, -0.2) is 14.2 Å². The third-order valence-corrected chi connectivity index (χ3v) is 6.47. The molecule has 2 aromatic carbocycles. The fourth-order valence-corrected chi connectivity index (χ4v) is 4.62. The summed E-state index contributed by atoms with van der Waals surface area (Å²) in [6, 6.07) is 7.19. The van der Waals surface area contributed by atoms with E-state index >= 15 is 0 Å². The number of nitrogens with zero attached hydrogens (tertiary/aromatic N) is 2. The average molecular weight is 509 g/mol. The van der Waals surface area contributed by atoms with Crippen LogP contribution in [0.15, 0.2) is 45.7 Å². The number of hydrogen-bond acceptors (Lipinski definition) is 7. The minimum absolute atomic E-state index is 0.00354. The van der Waals surface area contributed by atoms with Gasteiger partial charge in [-0.1, -0.05) is 24.2 Å². The first-order valence-electron chi connectivity index (χ1n) is 10.4. The van der Waals surface area contributed by atoms with E-state index in [4.69, 9.17) is 9.47 Å². The zero-order valence-corrected chi connectivity index (χ0v) is 19.5. The van der Waals surface area contributed by atoms with Gasteiger partial charge in [0.1, 0.15) is 16.9 Å². The largest absolute Gasteiger partial charge is 0.496 e. The first kappa shape index (κ1) is 24.5. The molecule has 0 bridgehead atoms. The summed E-state index contributed by atoms with van der Waals surface area (Å²) in [5.41, 5.74) is 0.591. The van der Waals surface area contributed by atoms with Crippen LogP contribution in [-0.4, -0.2) is 22.2 Å². The number of aryl methyl sites for hydroxylation is 1. The lowest BCUT2D eigenvalue weighted by Crippen LogP contribution is -2.08. The third kappa shape index (κ3) is 5.06. The maximum Gasteiger partial charge on any atom is 0.439 e. The summed E-state index contributed by atoms with van der Waals surface area (Å²) in [5.74, 6) is -1.39. The fourth-order valence-electron chi connectivity index (χ4n) is 3.43. The molecule has 4 aromatic rings. The summed E-state index contributed by atoms with van der Waals surface area (Å²) in [4.78, 5) is 18.8. The van der Waals surface area contributed by atoms with Gasteiger partial charge in [-0.3, -0.25) is 9.51 Å². The lowest BCUT2D eigenvalue weighted by molar-refractivity contribution is -0.137. The maximum absolute atomic E-state index is 14.9. The van der Waals surface area contributed by atoms with Crippen molar-refractivity contribution in [2.24, 2.45) is 0 Å². The Labute approximate surface area is 200 Å². The molecule has 1 N–H and O–H groups in total. The van der Waals surface area contributed by atoms with Crippen molar-refractivity contribution in [1.82, 2.24) is 15.1 Å². The van der Waals surface area contributed by atoms with Gasteiger partial charge in [0.15, 0.2) is 17.4 Å². The van der Waals surface area contributed by atoms with E-state index < -0.39 is 29.4 Å². The number of aromatic amines is 1. The molecule has 2 heterocycles. The highest BCUT2D eigenvalue weighted by Crippen LogP contribution is 2.39. The molecular formula is C23H19F4N3O4S. The monoisotopic (exact) mass is 509 g/mol. The highest BCUT2D eigenvalue weighted by atomic mass is 32.1. The van der Waals surface area contributed by atoms with Gasteiger partial charge in [-0.05, 0) is 31.5 Å². The van der Waals surface area contributed by atoms with Crippen molar-refractivity contribution < 1.29 is 31.6 Å². The van der Waals surface area contributed by atoms with E-state index in [2.05, 4.69) is 19.6 Å². The van der Waals surface area contributed by atoms with Crippen molar-refractivity contribution in [2.45, 2.75) is 32.5 Å². The third-order valence-electron chi connectivity index (χ3n) is 5.17. The Bertz CT molecular complexity index is 1390. The summed E-state index contributed by atoms with van der Waals surface area (Å²) >= 11 is 1.26. The average Bonchev–Trinajstić information content (AvgIpc) is 3.43. The van der Waals surface area contributed by atoms with E-state index in [-0.39, 0.29) is 22.9 Å². The van der Waals surface area contributed by atoms with Gasteiger partial charge in [0.05, 0.1) is 28.8 Å². The summed E-state index contributed by atoms with van der Waals surface area (Å²) in [7, 11) is 1.37. The van der Waals surface area contributed by atoms with Gasteiger partial charge < -0.3 is 9.47 Å². The predicted molar refractivity (Wildman–Crippen MR) is 120 cm³/mol. The van der Waals surface area contributed by atoms with Crippen LogP contribution >= 0.6 is 11.3 Å². The van der Waals surface area contributed by atoms with Crippen molar-refractivity contribution in [1.29, 1.82) is 0 Å². The SMILES string of the molecule is CCC(Oc1cc(OC)c(-c2noc(=O)[nH]2)cc1F)c1sc(-c2ccc(C(F)(F)F)cc2)nc1C. The molecule has 0 aliphatic heterocycles. The number of methoxy groups -OCH3 is 1. The Balaban J connectivity index is 1.63. The summed E-state index contributed by atoms with van der Waals surface area (Å²) < 4.78 is 69.3. The Hall–Kier alpha value is -3.67. The Morgan fingerprint density at radius 2 is 1.89 bits per heavy atom. The van der Waals surface area contributed by atoms with Crippen LogP contribution in [0.3, 0.4) is 0 Å². The number of hydrogen-bond donors (Lipinski definition) is 1. The molecule has 7 nitrogen and oxygen atoms in total. The smallest absolute Gasteiger partial charge is 0.439 e. The van der Waals surface area contributed by atoms with E-state index in [0.29, 0.717) is 27.6 Å². The maximum atomic E-state index is 14.9. The molecule has 2 aromatic heterocycles. The predicted octanol–water partition coefficient (Wildman–Crippen LogP) is 6.16. The normalized spacial score (nSPS) is 12.5. The number of halogens is 4. The van der Waals surface area contributed by atoms with Crippen molar-refractivity contribution in [3.63, 3.8) is 0 Å². The Kier molecular flexibility index (Phi) is 6.66. The van der Waals surface area contributed by atoms with Crippen LogP contribution in [0.1, 0.15) is 35.6 Å². The topological polar surface area (TPSA) is 90.2 Å². The second kappa shape index (κ2) is 9.53. The van der Waals surface area contributed by atoms with Gasteiger partial charge in [0.2, 0.25) is 0 Å². The van der Waals surface area contributed by atoms with Gasteiger partial charge in [-0.2, -0.15) is 13.2 Å². The van der Waals surface area contributed by atoms with E-state index in [9.17, 15) is 22.4 Å². The second-order valence-corrected chi connectivity index (χ2v) is 8.52. The molecule has 0 saturated carbocycles. The minimum atomic E-state index is -4.42. The van der Waals surface area contributed by atoms with Crippen molar-refractivity contribution in [3.8, 4) is 33.5 Å². The van der Waals surface area contributed by atoms with Crippen LogP contribution in [0.2, 0.25) is 0 Å². The number of ether oxygens (including phenoxy) is 2. The molecule has 0 aliphatic carbocycles. The Morgan fingerprint density at radius 1 is 1.17 bits per heavy atom. The van der Waals surface area contributed by atoms with Crippen molar-refractivity contribution >= 4 is 11.3 Å². The van der Waals surface area contributed by atoms with Crippen molar-refractivity contribution in [3.05, 3.63) is 68.9 Å². The molecule has 0 fully saturated rings. The molecule has 35 heavy (non-hydrogen) atoms. The second-order valence-electron chi connectivity index (χ2n) is 7.49. The molecule has 184 valence electrons. The van der Waals surface area contributed by atoms with Gasteiger partial charge >= 0.3 is 11.9 Å². The van der Waals surface area contributed by atoms with Crippen LogP contribution in [0.4, 0.5) is 17.6 Å². The number of nitrogens with one attached hydrogen (secondary N) is 1. The molecule has 0 saturated heterocycles. The standard InChI is InChI=1S/C23H19F4N3O4S/c1-4-16(19-11(2)28-21(35-19)12-5-7-13(8-6-12)23(25,26)27)33-18-10-17(32-3)14(9-15(18)24)20-29-22(31)34-30-20/h5-10,16H,4H2,1-3H3,(H,29,30,31). The summed E-state index contributed by atoms with van der Waals surface area (Å²) in [6.45, 7) is 3.61. The van der Waals surface area contributed by atoms with E-state index in [0.717, 1.165) is 18.2 Å². The van der Waals surface area contributed by atoms with Gasteiger partial charge in [0, 0.05) is 11.6 Å². The summed E-state index contributed by atoms with van der Waals surface area (Å²) in [5, 5.41) is 4.08. The van der Waals surface area contributed by atoms with Crippen LogP contribution in [0.5, 0.6) is 11.5 Å². The highest BCUT2D eigenvalue weighted by Gasteiger charge is 2.30. The van der Waals surface area contributed by atoms with Gasteiger partial charge in [0.25, 0.3) is 0 Å². The molecule has 0 radical (unpaired) electrons. The number of alkyl halides is 3. The minimum Gasteiger partial charge on any atom is -0.496 e. The van der Waals surface area contributed by atoms with Crippen molar-refractivity contribution in [2.75, 3.05) is 7.11 Å². The first-order valence-corrected chi connectivity index (χ1v) is 11.2. The van der Waals surface area contributed by atoms with E-state index in [1.807, 2.05) is 6.92 Å².